The van der Waals surface area contributed by atoms with Crippen molar-refractivity contribution < 1.29 is 19.0 Å². The Morgan fingerprint density at radius 2 is 1.96 bits per heavy atom. The summed E-state index contributed by atoms with van der Waals surface area (Å²) in [5.41, 5.74) is 3.94. The van der Waals surface area contributed by atoms with Crippen LogP contribution in [0.25, 0.3) is 11.2 Å². The van der Waals surface area contributed by atoms with Crippen LogP contribution in [0.4, 0.5) is 21.4 Å². The molecule has 258 valence electrons. The number of thiophene rings is 1. The zero-order valence-corrected chi connectivity index (χ0v) is 30.4. The second kappa shape index (κ2) is 13.2. The number of ether oxygens (including phenoxy) is 3. The van der Waals surface area contributed by atoms with E-state index in [1.807, 2.05) is 34.9 Å². The number of carbonyl (C=O) groups excluding carboxylic acids is 1. The number of thioether (sulfide) groups is 1. The highest BCUT2D eigenvalue weighted by atomic mass is 35.5. The van der Waals surface area contributed by atoms with Gasteiger partial charge < -0.3 is 29.0 Å². The van der Waals surface area contributed by atoms with Crippen molar-refractivity contribution in [2.75, 3.05) is 42.8 Å². The molecule has 5 aromatic rings. The molecule has 2 aliphatic rings. The molecule has 2 aliphatic heterocycles. The van der Waals surface area contributed by atoms with Crippen molar-refractivity contribution in [3.63, 3.8) is 0 Å². The topological polar surface area (TPSA) is 152 Å². The summed E-state index contributed by atoms with van der Waals surface area (Å²) in [4.78, 5) is 34.2. The first-order valence-electron chi connectivity index (χ1n) is 15.7. The van der Waals surface area contributed by atoms with E-state index in [1.54, 1.807) is 59.3 Å². The number of carbonyl (C=O) groups is 1. The van der Waals surface area contributed by atoms with Crippen LogP contribution < -0.4 is 25.0 Å². The van der Waals surface area contributed by atoms with Gasteiger partial charge in [0.05, 0.1) is 37.4 Å². The van der Waals surface area contributed by atoms with Gasteiger partial charge in [0, 0.05) is 59.2 Å². The monoisotopic (exact) mass is 731 g/mol. The SMILES string of the molecule is COc1ccc(CNc2ncccc2Cn2cnc3c(N4CC5(C4)SCc4sc(NC(=O)OC(C)(C)C)c(C#N)c45)nc(Cl)nc32)c(OC)c1. The Morgan fingerprint density at radius 1 is 1.14 bits per heavy atom. The number of nitrogens with one attached hydrogen (secondary N) is 2. The number of hydrogen-bond acceptors (Lipinski definition) is 13. The van der Waals surface area contributed by atoms with E-state index in [9.17, 15) is 10.1 Å². The maximum absolute atomic E-state index is 12.5. The minimum atomic E-state index is -0.650. The number of imidazole rings is 1. The Hall–Kier alpha value is -4.78. The van der Waals surface area contributed by atoms with E-state index in [4.69, 9.17) is 30.8 Å². The van der Waals surface area contributed by atoms with E-state index in [2.05, 4.69) is 36.6 Å². The molecule has 0 radical (unpaired) electrons. The quantitative estimate of drug-likeness (QED) is 0.154. The molecule has 0 atom stereocenters. The number of hydrogen-bond donors (Lipinski definition) is 2. The van der Waals surface area contributed by atoms with Gasteiger partial charge in [0.25, 0.3) is 0 Å². The Labute approximate surface area is 302 Å². The van der Waals surface area contributed by atoms with Gasteiger partial charge in [-0.2, -0.15) is 15.2 Å². The smallest absolute Gasteiger partial charge is 0.412 e. The molecular weight excluding hydrogens is 698 g/mol. The number of anilines is 3. The molecule has 2 N–H and O–H groups in total. The molecule has 1 fully saturated rings. The lowest BCUT2D eigenvalue weighted by Crippen LogP contribution is -2.57. The van der Waals surface area contributed by atoms with Crippen molar-refractivity contribution in [2.24, 2.45) is 0 Å². The third-order valence-electron chi connectivity index (χ3n) is 8.43. The highest BCUT2D eigenvalue weighted by Crippen LogP contribution is 2.58. The average molecular weight is 732 g/mol. The Bertz CT molecular complexity index is 2150. The molecule has 1 spiro atoms. The zero-order chi connectivity index (χ0) is 35.2. The Kier molecular flexibility index (Phi) is 8.87. The van der Waals surface area contributed by atoms with Crippen LogP contribution in [0.5, 0.6) is 11.5 Å². The number of amides is 1. The summed E-state index contributed by atoms with van der Waals surface area (Å²) in [6.45, 7) is 7.54. The second-order valence-corrected chi connectivity index (χ2v) is 15.7. The number of pyridine rings is 1. The fourth-order valence-corrected chi connectivity index (χ4v) is 9.31. The molecule has 4 aromatic heterocycles. The van der Waals surface area contributed by atoms with E-state index in [1.165, 1.54) is 11.3 Å². The first kappa shape index (κ1) is 33.7. The highest BCUT2D eigenvalue weighted by Gasteiger charge is 2.53. The van der Waals surface area contributed by atoms with Crippen molar-refractivity contribution in [3.05, 3.63) is 75.3 Å². The first-order chi connectivity index (χ1) is 24.0. The minimum absolute atomic E-state index is 0.114. The predicted molar refractivity (Wildman–Crippen MR) is 195 cm³/mol. The van der Waals surface area contributed by atoms with Crippen LogP contribution in [0.2, 0.25) is 5.28 Å². The van der Waals surface area contributed by atoms with Crippen LogP contribution in [-0.4, -0.2) is 63.5 Å². The number of benzene rings is 1. The van der Waals surface area contributed by atoms with Gasteiger partial charge in [0.1, 0.15) is 34.0 Å². The molecule has 13 nitrogen and oxygen atoms in total. The second-order valence-electron chi connectivity index (χ2n) is 12.9. The summed E-state index contributed by atoms with van der Waals surface area (Å²) in [5, 5.41) is 17.1. The molecule has 1 amide bonds. The number of fused-ring (bicyclic) bond motifs is 3. The third kappa shape index (κ3) is 6.34. The number of aromatic nitrogens is 5. The number of halogens is 1. The summed E-state index contributed by atoms with van der Waals surface area (Å²) in [6.07, 6.45) is 2.90. The number of nitriles is 1. The van der Waals surface area contributed by atoms with Crippen LogP contribution in [0.1, 0.15) is 47.9 Å². The summed E-state index contributed by atoms with van der Waals surface area (Å²) >= 11 is 9.76. The molecule has 1 aromatic carbocycles. The van der Waals surface area contributed by atoms with Gasteiger partial charge in [-0.1, -0.05) is 6.07 Å². The third-order valence-corrected chi connectivity index (χ3v) is 11.3. The van der Waals surface area contributed by atoms with E-state index >= 15 is 0 Å². The van der Waals surface area contributed by atoms with Crippen LogP contribution in [0.15, 0.2) is 42.9 Å². The van der Waals surface area contributed by atoms with Crippen LogP contribution in [0.3, 0.4) is 0 Å². The Balaban J connectivity index is 1.10. The summed E-state index contributed by atoms with van der Waals surface area (Å²) in [7, 11) is 3.26. The number of nitrogens with zero attached hydrogens (tertiary/aromatic N) is 7. The maximum Gasteiger partial charge on any atom is 0.412 e. The van der Waals surface area contributed by atoms with Crippen molar-refractivity contribution >= 4 is 68.6 Å². The van der Waals surface area contributed by atoms with Gasteiger partial charge >= 0.3 is 6.09 Å². The summed E-state index contributed by atoms with van der Waals surface area (Å²) < 4.78 is 17.9. The fraction of sp³-hybridized carbons (Fsp3) is 0.353. The van der Waals surface area contributed by atoms with Gasteiger partial charge in [-0.25, -0.2) is 14.8 Å². The zero-order valence-electron chi connectivity index (χ0n) is 28.0. The van der Waals surface area contributed by atoms with Gasteiger partial charge in [-0.3, -0.25) is 5.32 Å². The van der Waals surface area contributed by atoms with Crippen molar-refractivity contribution in [1.82, 2.24) is 24.5 Å². The first-order valence-corrected chi connectivity index (χ1v) is 17.9. The molecule has 0 saturated carbocycles. The molecular formula is C34H34ClN9O4S2. The normalized spacial score (nSPS) is 14.6. The van der Waals surface area contributed by atoms with E-state index in [0.717, 1.165) is 44.6 Å². The Morgan fingerprint density at radius 3 is 2.70 bits per heavy atom. The van der Waals surface area contributed by atoms with E-state index < -0.39 is 11.7 Å². The van der Waals surface area contributed by atoms with Crippen LogP contribution >= 0.6 is 34.7 Å². The fourth-order valence-electron chi connectivity index (χ4n) is 6.22. The highest BCUT2D eigenvalue weighted by molar-refractivity contribution is 8.00. The van der Waals surface area contributed by atoms with Crippen LogP contribution in [0, 0.1) is 11.3 Å². The van der Waals surface area contributed by atoms with Crippen molar-refractivity contribution in [1.29, 1.82) is 5.26 Å². The maximum atomic E-state index is 12.5. The lowest BCUT2D eigenvalue weighted by atomic mass is 9.88. The molecule has 6 heterocycles. The molecule has 16 heteroatoms. The van der Waals surface area contributed by atoms with Gasteiger partial charge in [0.15, 0.2) is 17.0 Å². The lowest BCUT2D eigenvalue weighted by Gasteiger charge is -2.48. The number of methoxy groups -OCH3 is 2. The molecule has 7 rings (SSSR count). The largest absolute Gasteiger partial charge is 0.497 e. The summed E-state index contributed by atoms with van der Waals surface area (Å²) in [5.74, 6) is 3.54. The lowest BCUT2D eigenvalue weighted by molar-refractivity contribution is 0.0636. The average Bonchev–Trinajstić information content (AvgIpc) is 3.74. The predicted octanol–water partition coefficient (Wildman–Crippen LogP) is 6.79. The molecule has 50 heavy (non-hydrogen) atoms. The molecule has 1 saturated heterocycles. The van der Waals surface area contributed by atoms with E-state index in [-0.39, 0.29) is 10.0 Å². The molecule has 0 bridgehead atoms. The van der Waals surface area contributed by atoms with Crippen molar-refractivity contribution in [3.8, 4) is 17.6 Å². The van der Waals surface area contributed by atoms with Crippen molar-refractivity contribution in [2.45, 2.75) is 50.0 Å². The van der Waals surface area contributed by atoms with Gasteiger partial charge in [0.2, 0.25) is 5.28 Å². The molecule has 0 unspecified atom stereocenters. The standard InChI is InChI=1S/C34H34ClN9O4S2/c1-33(2,3)48-32(45)42-30-22(12-36)25-24(50-30)15-49-34(25)16-44(17-34)29-26-28(40-31(35)41-29)43(18-39-26)14-20-7-6-10-37-27(20)38-13-19-8-9-21(46-4)11-23(19)47-5/h6-11,18H,13-17H2,1-5H3,(H,37,38)(H,42,45). The number of rotatable bonds is 9. The van der Waals surface area contributed by atoms with E-state index in [0.29, 0.717) is 53.7 Å². The molecule has 0 aliphatic carbocycles. The van der Waals surface area contributed by atoms with Crippen LogP contribution in [-0.2, 0) is 28.3 Å². The minimum Gasteiger partial charge on any atom is -0.497 e. The summed E-state index contributed by atoms with van der Waals surface area (Å²) in [6, 6.07) is 11.9. The van der Waals surface area contributed by atoms with Gasteiger partial charge in [-0.15, -0.1) is 23.1 Å². The van der Waals surface area contributed by atoms with Gasteiger partial charge in [-0.05, 0) is 50.6 Å².